The van der Waals surface area contributed by atoms with E-state index in [9.17, 15) is 28.1 Å². The number of hydrogen-bond acceptors (Lipinski definition) is 7. The lowest BCUT2D eigenvalue weighted by atomic mass is 10.0. The molecule has 2 unspecified atom stereocenters. The van der Waals surface area contributed by atoms with Crippen molar-refractivity contribution in [1.82, 2.24) is 10.0 Å². The summed E-state index contributed by atoms with van der Waals surface area (Å²) in [5.41, 5.74) is 2.31. The molecule has 3 aromatic carbocycles. The number of carbonyl (C=O) groups excluding carboxylic acids is 2. The molecule has 0 saturated heterocycles. The molecule has 2 amide bonds. The number of benzodiazepines with no additional fused rings is 1. The summed E-state index contributed by atoms with van der Waals surface area (Å²) in [5.74, 6) is -1.31. The molecule has 0 aromatic heterocycles. The van der Waals surface area contributed by atoms with Gasteiger partial charge < -0.3 is 10.2 Å². The largest absolute Gasteiger partial charge is 0.325 e. The zero-order chi connectivity index (χ0) is 29.0. The normalized spacial score (nSPS) is 16.1. The molecular weight excluding hydrogens is 534 g/mol. The third-order valence-electron chi connectivity index (χ3n) is 6.35. The van der Waals surface area contributed by atoms with Crippen LogP contribution in [0.25, 0.3) is 0 Å². The Morgan fingerprint density at radius 2 is 1.65 bits per heavy atom. The molecule has 1 aliphatic heterocycles. The first-order valence-corrected chi connectivity index (χ1v) is 14.0. The number of non-ortho nitro benzene ring substituents is 1. The van der Waals surface area contributed by atoms with Crippen LogP contribution in [-0.4, -0.2) is 50.1 Å². The minimum absolute atomic E-state index is 0.0875. The van der Waals surface area contributed by atoms with Gasteiger partial charge in [-0.05, 0) is 30.5 Å². The molecule has 0 saturated carbocycles. The standard InChI is InChI=1S/C28H29N5O6S/c1-18(2)17-23(31-40(38,39)21-15-13-20(14-16-21)33(36)37)27(34)30-26-28(35)32(3)24-12-8-7-11-22(24)25(29-26)19-9-5-4-6-10-19/h4-16,18,23,26,31H,17H2,1-3H3,(H,30,34). The van der Waals surface area contributed by atoms with E-state index in [1.54, 1.807) is 19.2 Å². The smallest absolute Gasteiger partial charge is 0.272 e. The summed E-state index contributed by atoms with van der Waals surface area (Å²) in [4.78, 5) is 43.1. The van der Waals surface area contributed by atoms with Crippen molar-refractivity contribution in [3.8, 4) is 0 Å². The summed E-state index contributed by atoms with van der Waals surface area (Å²) in [7, 11) is -2.64. The number of benzene rings is 3. The molecule has 1 heterocycles. The minimum atomic E-state index is -4.23. The van der Waals surface area contributed by atoms with Crippen molar-refractivity contribution in [1.29, 1.82) is 0 Å². The average Bonchev–Trinajstić information content (AvgIpc) is 3.03. The third-order valence-corrected chi connectivity index (χ3v) is 7.84. The van der Waals surface area contributed by atoms with Crippen molar-refractivity contribution in [3.63, 3.8) is 0 Å². The van der Waals surface area contributed by atoms with Crippen LogP contribution in [-0.2, 0) is 19.6 Å². The number of aliphatic imine (C=N–C) groups is 1. The van der Waals surface area contributed by atoms with Crippen molar-refractivity contribution in [2.24, 2.45) is 10.9 Å². The highest BCUT2D eigenvalue weighted by molar-refractivity contribution is 7.89. The zero-order valence-electron chi connectivity index (χ0n) is 22.1. The lowest BCUT2D eigenvalue weighted by Crippen LogP contribution is -2.53. The van der Waals surface area contributed by atoms with Gasteiger partial charge in [0.05, 0.1) is 21.2 Å². The van der Waals surface area contributed by atoms with E-state index >= 15 is 0 Å². The Labute approximate surface area is 232 Å². The Morgan fingerprint density at radius 1 is 1.02 bits per heavy atom. The maximum absolute atomic E-state index is 13.5. The topological polar surface area (TPSA) is 151 Å². The van der Waals surface area contributed by atoms with Crippen LogP contribution >= 0.6 is 0 Å². The molecule has 40 heavy (non-hydrogen) atoms. The second kappa shape index (κ2) is 11.8. The second-order valence-electron chi connectivity index (χ2n) is 9.72. The summed E-state index contributed by atoms with van der Waals surface area (Å²) in [6.45, 7) is 3.65. The predicted octanol–water partition coefficient (Wildman–Crippen LogP) is 3.24. The first-order chi connectivity index (χ1) is 19.0. The van der Waals surface area contributed by atoms with E-state index in [1.807, 2.05) is 56.3 Å². The van der Waals surface area contributed by atoms with Gasteiger partial charge in [-0.3, -0.25) is 19.7 Å². The molecule has 12 heteroatoms. The van der Waals surface area contributed by atoms with E-state index in [0.29, 0.717) is 17.0 Å². The molecule has 208 valence electrons. The number of amides is 2. The predicted molar refractivity (Wildman–Crippen MR) is 151 cm³/mol. The van der Waals surface area contributed by atoms with Crippen LogP contribution in [0, 0.1) is 16.0 Å². The number of carbonyl (C=O) groups is 2. The SMILES string of the molecule is CC(C)CC(NS(=O)(=O)c1ccc([N+](=O)[O-])cc1)C(=O)NC1N=C(c2ccccc2)c2ccccc2N(C)C1=O. The van der Waals surface area contributed by atoms with E-state index in [2.05, 4.69) is 15.0 Å². The Balaban J connectivity index is 1.66. The molecule has 0 radical (unpaired) electrons. The number of hydrogen-bond donors (Lipinski definition) is 2. The van der Waals surface area contributed by atoms with Crippen LogP contribution in [0.5, 0.6) is 0 Å². The van der Waals surface area contributed by atoms with Crippen LogP contribution in [0.1, 0.15) is 31.4 Å². The molecule has 3 aromatic rings. The average molecular weight is 564 g/mol. The van der Waals surface area contributed by atoms with Gasteiger partial charge in [-0.1, -0.05) is 62.4 Å². The number of likely N-dealkylation sites (N-methyl/N-ethyl adjacent to an activating group) is 1. The lowest BCUT2D eigenvalue weighted by molar-refractivity contribution is -0.384. The van der Waals surface area contributed by atoms with Crippen LogP contribution in [0.2, 0.25) is 0 Å². The van der Waals surface area contributed by atoms with Gasteiger partial charge in [0.25, 0.3) is 11.6 Å². The van der Waals surface area contributed by atoms with Gasteiger partial charge in [-0.15, -0.1) is 0 Å². The van der Waals surface area contributed by atoms with Gasteiger partial charge in [-0.25, -0.2) is 13.4 Å². The number of nitrogens with one attached hydrogen (secondary N) is 2. The molecule has 4 rings (SSSR count). The van der Waals surface area contributed by atoms with Crippen molar-refractivity contribution < 1.29 is 22.9 Å². The first kappa shape index (κ1) is 28.6. The van der Waals surface area contributed by atoms with Crippen LogP contribution in [0.15, 0.2) is 88.8 Å². The highest BCUT2D eigenvalue weighted by Crippen LogP contribution is 2.27. The Kier molecular flexibility index (Phi) is 8.40. The summed E-state index contributed by atoms with van der Waals surface area (Å²) in [6.07, 6.45) is -1.19. The summed E-state index contributed by atoms with van der Waals surface area (Å²) < 4.78 is 28.6. The van der Waals surface area contributed by atoms with Gasteiger partial charge in [-0.2, -0.15) is 4.72 Å². The zero-order valence-corrected chi connectivity index (χ0v) is 23.0. The van der Waals surface area contributed by atoms with Crippen LogP contribution in [0.3, 0.4) is 0 Å². The number of anilines is 1. The van der Waals surface area contributed by atoms with E-state index in [4.69, 9.17) is 0 Å². The molecule has 2 N–H and O–H groups in total. The lowest BCUT2D eigenvalue weighted by Gasteiger charge is -2.24. The third kappa shape index (κ3) is 6.24. The van der Waals surface area contributed by atoms with Crippen molar-refractivity contribution in [2.45, 2.75) is 37.4 Å². The summed E-state index contributed by atoms with van der Waals surface area (Å²) >= 11 is 0. The fourth-order valence-electron chi connectivity index (χ4n) is 4.36. The fraction of sp³-hybridized carbons (Fsp3) is 0.250. The maximum Gasteiger partial charge on any atom is 0.272 e. The number of fused-ring (bicyclic) bond motifs is 1. The highest BCUT2D eigenvalue weighted by atomic mass is 32.2. The van der Waals surface area contributed by atoms with Crippen LogP contribution in [0.4, 0.5) is 11.4 Å². The van der Waals surface area contributed by atoms with Crippen molar-refractivity contribution >= 4 is 38.9 Å². The maximum atomic E-state index is 13.5. The van der Waals surface area contributed by atoms with E-state index in [-0.39, 0.29) is 22.9 Å². The fourth-order valence-corrected chi connectivity index (χ4v) is 5.57. The summed E-state index contributed by atoms with van der Waals surface area (Å²) in [5, 5.41) is 13.6. The number of nitro groups is 1. The van der Waals surface area contributed by atoms with Crippen LogP contribution < -0.4 is 14.9 Å². The van der Waals surface area contributed by atoms with Gasteiger partial charge in [0.1, 0.15) is 6.04 Å². The highest BCUT2D eigenvalue weighted by Gasteiger charge is 2.34. The molecular formula is C28H29N5O6S. The van der Waals surface area contributed by atoms with E-state index in [1.165, 1.54) is 4.90 Å². The number of nitrogens with zero attached hydrogens (tertiary/aromatic N) is 3. The molecule has 11 nitrogen and oxygen atoms in total. The first-order valence-electron chi connectivity index (χ1n) is 12.6. The van der Waals surface area contributed by atoms with E-state index < -0.39 is 39.0 Å². The van der Waals surface area contributed by atoms with E-state index in [0.717, 1.165) is 29.8 Å². The molecule has 0 bridgehead atoms. The van der Waals surface area contributed by atoms with Gasteiger partial charge >= 0.3 is 0 Å². The number of para-hydroxylation sites is 1. The van der Waals surface area contributed by atoms with Gasteiger partial charge in [0, 0.05) is 30.3 Å². The number of sulfonamides is 1. The quantitative estimate of drug-likeness (QED) is 0.301. The number of rotatable bonds is 9. The summed E-state index contributed by atoms with van der Waals surface area (Å²) in [6, 6.07) is 19.6. The van der Waals surface area contributed by atoms with Gasteiger partial charge in [0.15, 0.2) is 0 Å². The molecule has 2 atom stereocenters. The van der Waals surface area contributed by atoms with Gasteiger partial charge in [0.2, 0.25) is 22.1 Å². The monoisotopic (exact) mass is 563 g/mol. The van der Waals surface area contributed by atoms with Crippen molar-refractivity contribution in [3.05, 3.63) is 100 Å². The molecule has 0 aliphatic carbocycles. The Morgan fingerprint density at radius 3 is 2.27 bits per heavy atom. The number of nitro benzene ring substituents is 1. The van der Waals surface area contributed by atoms with Crippen molar-refractivity contribution in [2.75, 3.05) is 11.9 Å². The Bertz CT molecular complexity index is 1560. The Hall–Kier alpha value is -4.42. The molecule has 0 spiro atoms. The molecule has 1 aliphatic rings. The second-order valence-corrected chi connectivity index (χ2v) is 11.4. The molecule has 0 fully saturated rings. The minimum Gasteiger partial charge on any atom is -0.325 e.